The largest absolute Gasteiger partial charge is 0.399 e. The van der Waals surface area contributed by atoms with Crippen LogP contribution in [0.5, 0.6) is 0 Å². The topological polar surface area (TPSA) is 41.3 Å². The van der Waals surface area contributed by atoms with Crippen LogP contribution in [0.4, 0.5) is 5.69 Å². The summed E-state index contributed by atoms with van der Waals surface area (Å²) in [5.41, 5.74) is 10.8. The Labute approximate surface area is 184 Å². The van der Waals surface area contributed by atoms with Crippen molar-refractivity contribution in [2.45, 2.75) is 19.5 Å². The number of nitrogens with zero attached hydrogens (tertiary/aromatic N) is 1. The molecule has 3 aromatic rings. The molecule has 156 valence electrons. The molecule has 1 saturated heterocycles. The van der Waals surface area contributed by atoms with Crippen molar-refractivity contribution in [3.8, 4) is 0 Å². The molecule has 3 aromatic carbocycles. The van der Waals surface area contributed by atoms with E-state index in [0.29, 0.717) is 11.8 Å². The van der Waals surface area contributed by atoms with Crippen molar-refractivity contribution in [1.29, 1.82) is 0 Å². The van der Waals surface area contributed by atoms with Crippen molar-refractivity contribution in [3.05, 3.63) is 101 Å². The second kappa shape index (κ2) is 10.1. The van der Waals surface area contributed by atoms with Crippen LogP contribution in [0.25, 0.3) is 0 Å². The van der Waals surface area contributed by atoms with Gasteiger partial charge in [0.2, 0.25) is 0 Å². The van der Waals surface area contributed by atoms with Crippen LogP contribution in [0, 0.1) is 11.8 Å². The van der Waals surface area contributed by atoms with Gasteiger partial charge in [0.25, 0.3) is 0 Å². The Morgan fingerprint density at radius 1 is 0.800 bits per heavy atom. The van der Waals surface area contributed by atoms with Crippen LogP contribution < -0.4 is 11.1 Å². The van der Waals surface area contributed by atoms with Gasteiger partial charge in [0.1, 0.15) is 0 Å². The van der Waals surface area contributed by atoms with Crippen LogP contribution in [-0.4, -0.2) is 24.5 Å². The summed E-state index contributed by atoms with van der Waals surface area (Å²) in [6.45, 7) is 5.02. The first-order chi connectivity index (χ1) is 14.7. The average molecular weight is 420 g/mol. The van der Waals surface area contributed by atoms with Gasteiger partial charge in [-0.3, -0.25) is 4.90 Å². The summed E-state index contributed by atoms with van der Waals surface area (Å²) in [6.07, 6.45) is 1.13. The van der Waals surface area contributed by atoms with Gasteiger partial charge < -0.3 is 11.1 Å². The predicted molar refractivity (Wildman–Crippen MR) is 126 cm³/mol. The van der Waals surface area contributed by atoms with Gasteiger partial charge in [-0.25, -0.2) is 0 Å². The van der Waals surface area contributed by atoms with Gasteiger partial charge in [0.15, 0.2) is 0 Å². The van der Waals surface area contributed by atoms with E-state index in [2.05, 4.69) is 64.8 Å². The molecule has 0 saturated carbocycles. The summed E-state index contributed by atoms with van der Waals surface area (Å²) < 4.78 is 0. The Morgan fingerprint density at radius 3 is 2.27 bits per heavy atom. The van der Waals surface area contributed by atoms with Gasteiger partial charge in [-0.1, -0.05) is 66.2 Å². The minimum Gasteiger partial charge on any atom is -0.399 e. The normalized spacial score (nSPS) is 18.7. The van der Waals surface area contributed by atoms with E-state index in [0.717, 1.165) is 49.9 Å². The van der Waals surface area contributed by atoms with E-state index in [-0.39, 0.29) is 0 Å². The van der Waals surface area contributed by atoms with Gasteiger partial charge in [0, 0.05) is 30.3 Å². The van der Waals surface area contributed by atoms with E-state index in [4.69, 9.17) is 17.3 Å². The van der Waals surface area contributed by atoms with Crippen LogP contribution in [0.3, 0.4) is 0 Å². The smallest absolute Gasteiger partial charge is 0.0406 e. The van der Waals surface area contributed by atoms with Crippen molar-refractivity contribution in [3.63, 3.8) is 0 Å². The number of nitrogens with one attached hydrogen (secondary N) is 1. The highest BCUT2D eigenvalue weighted by molar-refractivity contribution is 6.30. The fourth-order valence-electron chi connectivity index (χ4n) is 4.47. The monoisotopic (exact) mass is 419 g/mol. The van der Waals surface area contributed by atoms with E-state index in [1.165, 1.54) is 16.7 Å². The molecule has 1 aliphatic rings. The number of hydrogen-bond donors (Lipinski definition) is 2. The number of halogens is 1. The van der Waals surface area contributed by atoms with Gasteiger partial charge in [-0.2, -0.15) is 0 Å². The Balaban J connectivity index is 1.48. The molecule has 3 nitrogen and oxygen atoms in total. The molecule has 0 unspecified atom stereocenters. The molecule has 30 heavy (non-hydrogen) atoms. The molecule has 0 spiro atoms. The van der Waals surface area contributed by atoms with Gasteiger partial charge in [-0.15, -0.1) is 0 Å². The van der Waals surface area contributed by atoms with E-state index < -0.39 is 0 Å². The van der Waals surface area contributed by atoms with Gasteiger partial charge >= 0.3 is 0 Å². The summed E-state index contributed by atoms with van der Waals surface area (Å²) in [5, 5.41) is 4.41. The number of hydrogen-bond acceptors (Lipinski definition) is 3. The Bertz CT molecular complexity index is 927. The molecule has 0 aliphatic carbocycles. The first-order valence-corrected chi connectivity index (χ1v) is 11.1. The highest BCUT2D eigenvalue weighted by Gasteiger charge is 2.29. The SMILES string of the molecule is Nc1cccc(CN(Cc2ccc(Cl)cc2)C[C@@H]2CNC[C@H]2Cc2ccccc2)c1. The summed E-state index contributed by atoms with van der Waals surface area (Å²) in [7, 11) is 0. The standard InChI is InChI=1S/C26H30ClN3/c27-25-11-9-21(10-12-25)17-30(18-22-7-4-8-26(28)14-22)19-24-16-29-15-23(24)13-20-5-2-1-3-6-20/h1-12,14,23-24,29H,13,15-19,28H2/t23-,24+/m1/s1. The molecule has 0 bridgehead atoms. The average Bonchev–Trinajstić information content (AvgIpc) is 3.17. The number of nitrogens with two attached hydrogens (primary N) is 1. The lowest BCUT2D eigenvalue weighted by atomic mass is 9.89. The maximum atomic E-state index is 6.09. The Kier molecular flexibility index (Phi) is 7.06. The van der Waals surface area contributed by atoms with Gasteiger partial charge in [-0.05, 0) is 72.3 Å². The minimum absolute atomic E-state index is 0.624. The van der Waals surface area contributed by atoms with Crippen LogP contribution in [0.15, 0.2) is 78.9 Å². The highest BCUT2D eigenvalue weighted by atomic mass is 35.5. The number of anilines is 1. The molecule has 1 fully saturated rings. The number of benzene rings is 3. The summed E-state index contributed by atoms with van der Waals surface area (Å²) >= 11 is 6.09. The molecule has 0 amide bonds. The molecule has 1 aliphatic heterocycles. The van der Waals surface area contributed by atoms with Crippen molar-refractivity contribution >= 4 is 17.3 Å². The molecule has 4 heteroatoms. The number of rotatable bonds is 8. The van der Waals surface area contributed by atoms with E-state index in [9.17, 15) is 0 Å². The fraction of sp³-hybridized carbons (Fsp3) is 0.308. The third kappa shape index (κ3) is 5.85. The summed E-state index contributed by atoms with van der Waals surface area (Å²) in [6, 6.07) is 27.3. The summed E-state index contributed by atoms with van der Waals surface area (Å²) in [4.78, 5) is 2.55. The maximum absolute atomic E-state index is 6.09. The van der Waals surface area contributed by atoms with Crippen LogP contribution in [0.2, 0.25) is 5.02 Å². The van der Waals surface area contributed by atoms with Crippen molar-refractivity contribution < 1.29 is 0 Å². The molecule has 4 rings (SSSR count). The molecule has 2 atom stereocenters. The van der Waals surface area contributed by atoms with Crippen LogP contribution in [0.1, 0.15) is 16.7 Å². The van der Waals surface area contributed by atoms with Crippen molar-refractivity contribution in [2.24, 2.45) is 11.8 Å². The maximum Gasteiger partial charge on any atom is 0.0406 e. The van der Waals surface area contributed by atoms with E-state index >= 15 is 0 Å². The van der Waals surface area contributed by atoms with Crippen LogP contribution in [-0.2, 0) is 19.5 Å². The third-order valence-electron chi connectivity index (χ3n) is 5.99. The van der Waals surface area contributed by atoms with E-state index in [1.807, 2.05) is 24.3 Å². The summed E-state index contributed by atoms with van der Waals surface area (Å²) in [5.74, 6) is 1.28. The van der Waals surface area contributed by atoms with Crippen LogP contribution >= 0.6 is 11.6 Å². The second-order valence-corrected chi connectivity index (χ2v) is 8.85. The van der Waals surface area contributed by atoms with E-state index in [1.54, 1.807) is 0 Å². The molecule has 3 N–H and O–H groups in total. The molecular formula is C26H30ClN3. The van der Waals surface area contributed by atoms with Crippen molar-refractivity contribution in [1.82, 2.24) is 10.2 Å². The minimum atomic E-state index is 0.624. The zero-order valence-electron chi connectivity index (χ0n) is 17.3. The van der Waals surface area contributed by atoms with Gasteiger partial charge in [0.05, 0.1) is 0 Å². The number of nitrogen functional groups attached to an aromatic ring is 1. The zero-order chi connectivity index (χ0) is 20.8. The lowest BCUT2D eigenvalue weighted by Gasteiger charge is -2.28. The third-order valence-corrected chi connectivity index (χ3v) is 6.24. The quantitative estimate of drug-likeness (QED) is 0.504. The highest BCUT2D eigenvalue weighted by Crippen LogP contribution is 2.25. The Hall–Kier alpha value is -2.33. The molecule has 0 radical (unpaired) electrons. The lowest BCUT2D eigenvalue weighted by molar-refractivity contribution is 0.198. The molecular weight excluding hydrogens is 390 g/mol. The molecule has 0 aromatic heterocycles. The zero-order valence-corrected chi connectivity index (χ0v) is 18.1. The Morgan fingerprint density at radius 2 is 1.50 bits per heavy atom. The predicted octanol–water partition coefficient (Wildman–Crippen LogP) is 5.00. The first-order valence-electron chi connectivity index (χ1n) is 10.7. The molecule has 1 heterocycles. The first kappa shape index (κ1) is 20.9. The van der Waals surface area contributed by atoms with Crippen molar-refractivity contribution in [2.75, 3.05) is 25.4 Å². The lowest BCUT2D eigenvalue weighted by Crippen LogP contribution is -2.33. The fourth-order valence-corrected chi connectivity index (χ4v) is 4.60. The second-order valence-electron chi connectivity index (χ2n) is 8.41.